The molecule has 0 spiro atoms. The van der Waals surface area contributed by atoms with Crippen molar-refractivity contribution in [3.05, 3.63) is 58.7 Å². The lowest BCUT2D eigenvalue weighted by molar-refractivity contribution is -0.132. The maximum atomic E-state index is 13.3. The number of rotatable bonds is 3. The molecule has 30 heavy (non-hydrogen) atoms. The van der Waals surface area contributed by atoms with E-state index in [0.29, 0.717) is 5.56 Å². The Morgan fingerprint density at radius 2 is 1.70 bits per heavy atom. The quantitative estimate of drug-likeness (QED) is 0.615. The molecule has 156 valence electrons. The first-order valence-electron chi connectivity index (χ1n) is 10.2. The highest BCUT2D eigenvalue weighted by molar-refractivity contribution is 6.31. The van der Waals surface area contributed by atoms with E-state index in [1.54, 1.807) is 18.2 Å². The molecule has 1 aromatic carbocycles. The molecule has 1 N–H and O–H groups in total. The van der Waals surface area contributed by atoms with Crippen molar-refractivity contribution in [3.8, 4) is 5.69 Å². The number of aromatic nitrogens is 1. The first kappa shape index (κ1) is 20.1. The zero-order chi connectivity index (χ0) is 21.4. The van der Waals surface area contributed by atoms with Gasteiger partial charge in [-0.15, -0.1) is 0 Å². The van der Waals surface area contributed by atoms with Crippen molar-refractivity contribution in [2.45, 2.75) is 52.0 Å². The lowest BCUT2D eigenvalue weighted by Crippen LogP contribution is -2.58. The van der Waals surface area contributed by atoms with E-state index in [1.807, 2.05) is 24.5 Å². The average Bonchev–Trinajstić information content (AvgIpc) is 3.00. The fraction of sp³-hybridized carbons (Fsp3) is 0.348. The van der Waals surface area contributed by atoms with Crippen LogP contribution in [0.1, 0.15) is 49.1 Å². The van der Waals surface area contributed by atoms with Crippen LogP contribution < -0.4 is 5.32 Å². The Kier molecular flexibility index (Phi) is 5.28. The average molecular weight is 409 g/mol. The van der Waals surface area contributed by atoms with Crippen LogP contribution in [0.4, 0.5) is 9.18 Å². The van der Waals surface area contributed by atoms with Crippen molar-refractivity contribution in [2.24, 2.45) is 0 Å². The highest BCUT2D eigenvalue weighted by Gasteiger charge is 2.40. The number of aryl methyl sites for hydroxylation is 1. The smallest absolute Gasteiger partial charge is 0.318 e. The van der Waals surface area contributed by atoms with Crippen molar-refractivity contribution in [1.29, 1.82) is 0 Å². The van der Waals surface area contributed by atoms with Gasteiger partial charge in [0.2, 0.25) is 0 Å². The molecule has 1 aromatic heterocycles. The summed E-state index contributed by atoms with van der Waals surface area (Å²) >= 11 is 0. The molecule has 7 heteroatoms. The molecule has 2 aliphatic rings. The van der Waals surface area contributed by atoms with Crippen molar-refractivity contribution in [3.63, 3.8) is 0 Å². The summed E-state index contributed by atoms with van der Waals surface area (Å²) in [5.41, 5.74) is 3.14. The van der Waals surface area contributed by atoms with E-state index in [-0.39, 0.29) is 17.4 Å². The lowest BCUT2D eigenvalue weighted by atomic mass is 9.93. The second-order valence-corrected chi connectivity index (χ2v) is 7.92. The summed E-state index contributed by atoms with van der Waals surface area (Å²) in [5, 5.41) is 2.32. The maximum absolute atomic E-state index is 13.3. The van der Waals surface area contributed by atoms with Crippen LogP contribution in [-0.2, 0) is 9.59 Å². The highest BCUT2D eigenvalue weighted by Crippen LogP contribution is 2.28. The van der Waals surface area contributed by atoms with Gasteiger partial charge in [-0.25, -0.2) is 9.18 Å². The number of barbiturate groups is 1. The van der Waals surface area contributed by atoms with Crippen LogP contribution in [0.25, 0.3) is 11.8 Å². The molecule has 2 aromatic rings. The van der Waals surface area contributed by atoms with Gasteiger partial charge in [0.15, 0.2) is 0 Å². The molecule has 0 radical (unpaired) electrons. The van der Waals surface area contributed by atoms with Gasteiger partial charge in [-0.1, -0.05) is 19.3 Å². The monoisotopic (exact) mass is 409 g/mol. The van der Waals surface area contributed by atoms with E-state index < -0.39 is 17.8 Å². The van der Waals surface area contributed by atoms with Crippen LogP contribution in [0.15, 0.2) is 35.9 Å². The van der Waals surface area contributed by atoms with Gasteiger partial charge < -0.3 is 4.57 Å². The number of benzene rings is 1. The number of amides is 4. The van der Waals surface area contributed by atoms with Gasteiger partial charge in [0.1, 0.15) is 11.4 Å². The summed E-state index contributed by atoms with van der Waals surface area (Å²) in [6, 6.07) is 7.19. The van der Waals surface area contributed by atoms with Gasteiger partial charge in [0.05, 0.1) is 0 Å². The Morgan fingerprint density at radius 1 is 1.03 bits per heavy atom. The number of carbonyl (C=O) groups is 3. The van der Waals surface area contributed by atoms with Crippen molar-refractivity contribution < 1.29 is 18.8 Å². The van der Waals surface area contributed by atoms with E-state index in [9.17, 15) is 18.8 Å². The number of halogens is 1. The standard InChI is InChI=1S/C23H24FN3O3/c1-14-12-16(15(2)26(14)19-10-8-17(24)9-11-19)13-20-21(28)25-23(30)27(22(20)29)18-6-4-3-5-7-18/h8-13,18H,3-7H2,1-2H3,(H,25,28,30)/b20-13-. The van der Waals surface area contributed by atoms with Gasteiger partial charge in [0.25, 0.3) is 11.8 Å². The van der Waals surface area contributed by atoms with Gasteiger partial charge in [0, 0.05) is 23.1 Å². The van der Waals surface area contributed by atoms with E-state index in [2.05, 4.69) is 5.32 Å². The van der Waals surface area contributed by atoms with Gasteiger partial charge in [-0.05, 0) is 68.7 Å². The molecule has 4 rings (SSSR count). The minimum Gasteiger partial charge on any atom is -0.318 e. The predicted octanol–water partition coefficient (Wildman–Crippen LogP) is 4.03. The molecular weight excluding hydrogens is 385 g/mol. The van der Waals surface area contributed by atoms with E-state index in [0.717, 1.165) is 49.2 Å². The van der Waals surface area contributed by atoms with Crippen molar-refractivity contribution in [2.75, 3.05) is 0 Å². The zero-order valence-corrected chi connectivity index (χ0v) is 17.1. The third kappa shape index (κ3) is 3.56. The Balaban J connectivity index is 1.70. The second kappa shape index (κ2) is 7.89. The first-order valence-corrected chi connectivity index (χ1v) is 10.2. The van der Waals surface area contributed by atoms with Crippen LogP contribution in [-0.4, -0.2) is 33.4 Å². The summed E-state index contributed by atoms with van der Waals surface area (Å²) in [6.45, 7) is 3.77. The Hall–Kier alpha value is -3.22. The normalized spacial score (nSPS) is 19.5. The highest BCUT2D eigenvalue weighted by atomic mass is 19.1. The minimum atomic E-state index is -0.677. The van der Waals surface area contributed by atoms with Crippen LogP contribution >= 0.6 is 0 Å². The molecule has 6 nitrogen and oxygen atoms in total. The molecule has 0 bridgehead atoms. The number of nitrogens with zero attached hydrogens (tertiary/aromatic N) is 2. The van der Waals surface area contributed by atoms with E-state index >= 15 is 0 Å². The molecule has 2 fully saturated rings. The largest absolute Gasteiger partial charge is 0.331 e. The molecule has 1 aliphatic heterocycles. The van der Waals surface area contributed by atoms with Crippen molar-refractivity contribution in [1.82, 2.24) is 14.8 Å². The number of urea groups is 1. The Labute approximate surface area is 174 Å². The molecule has 2 heterocycles. The predicted molar refractivity (Wildman–Crippen MR) is 110 cm³/mol. The summed E-state index contributed by atoms with van der Waals surface area (Å²) < 4.78 is 15.2. The molecule has 1 saturated heterocycles. The molecular formula is C23H24FN3O3. The third-order valence-corrected chi connectivity index (χ3v) is 5.93. The number of carbonyl (C=O) groups excluding carboxylic acids is 3. The number of imide groups is 2. The van der Waals surface area contributed by atoms with Crippen LogP contribution in [0.5, 0.6) is 0 Å². The first-order chi connectivity index (χ1) is 14.4. The molecule has 1 aliphatic carbocycles. The fourth-order valence-electron chi connectivity index (χ4n) is 4.42. The molecule has 0 atom stereocenters. The van der Waals surface area contributed by atoms with Gasteiger partial charge in [-0.2, -0.15) is 0 Å². The van der Waals surface area contributed by atoms with Gasteiger partial charge in [-0.3, -0.25) is 19.8 Å². The Bertz CT molecular complexity index is 1050. The SMILES string of the molecule is Cc1cc(/C=C2/C(=O)NC(=O)N(C3CCCCC3)C2=O)c(C)n1-c1ccc(F)cc1. The number of hydrogen-bond acceptors (Lipinski definition) is 3. The number of nitrogens with one attached hydrogen (secondary N) is 1. The molecule has 4 amide bonds. The maximum Gasteiger partial charge on any atom is 0.331 e. The van der Waals surface area contributed by atoms with Crippen LogP contribution in [0, 0.1) is 19.7 Å². The second-order valence-electron chi connectivity index (χ2n) is 7.92. The minimum absolute atomic E-state index is 0.0421. The van der Waals surface area contributed by atoms with E-state index in [1.165, 1.54) is 17.0 Å². The third-order valence-electron chi connectivity index (χ3n) is 5.93. The topological polar surface area (TPSA) is 71.4 Å². The van der Waals surface area contributed by atoms with Crippen LogP contribution in [0.3, 0.4) is 0 Å². The lowest BCUT2D eigenvalue weighted by Gasteiger charge is -2.35. The molecule has 0 unspecified atom stereocenters. The summed E-state index contributed by atoms with van der Waals surface area (Å²) in [4.78, 5) is 39.1. The molecule has 1 saturated carbocycles. The zero-order valence-electron chi connectivity index (χ0n) is 17.1. The fourth-order valence-corrected chi connectivity index (χ4v) is 4.42. The Morgan fingerprint density at radius 3 is 2.37 bits per heavy atom. The van der Waals surface area contributed by atoms with Crippen molar-refractivity contribution >= 4 is 23.9 Å². The van der Waals surface area contributed by atoms with Crippen LogP contribution in [0.2, 0.25) is 0 Å². The summed E-state index contributed by atoms with van der Waals surface area (Å²) in [5.74, 6) is -1.54. The summed E-state index contributed by atoms with van der Waals surface area (Å²) in [7, 11) is 0. The summed E-state index contributed by atoms with van der Waals surface area (Å²) in [6.07, 6.45) is 6.10. The van der Waals surface area contributed by atoms with E-state index in [4.69, 9.17) is 0 Å². The number of hydrogen-bond donors (Lipinski definition) is 1. The van der Waals surface area contributed by atoms with Gasteiger partial charge >= 0.3 is 6.03 Å².